The Labute approximate surface area is 109 Å². The Morgan fingerprint density at radius 3 is 2.67 bits per heavy atom. The van der Waals surface area contributed by atoms with E-state index < -0.39 is 0 Å². The molecule has 0 aromatic carbocycles. The fraction of sp³-hybridized carbons (Fsp3) is 0.643. The van der Waals surface area contributed by atoms with E-state index >= 15 is 0 Å². The maximum absolute atomic E-state index is 9.82. The van der Waals surface area contributed by atoms with Crippen molar-refractivity contribution in [1.29, 1.82) is 0 Å². The van der Waals surface area contributed by atoms with E-state index in [0.29, 0.717) is 0 Å². The molecule has 1 atom stereocenters. The highest BCUT2D eigenvalue weighted by atomic mass is 16.3. The topological polar surface area (TPSA) is 39.6 Å². The molecule has 1 aromatic rings. The Balaban J connectivity index is 1.78. The third-order valence-electron chi connectivity index (χ3n) is 3.44. The fourth-order valence-corrected chi connectivity index (χ4v) is 2.42. The number of hydrogen-bond donors (Lipinski definition) is 1. The SMILES string of the molecule is CCCC(O)CN1CCN(c2ccccn2)CC1. The number of hydrogen-bond acceptors (Lipinski definition) is 4. The van der Waals surface area contributed by atoms with Gasteiger partial charge in [0.25, 0.3) is 0 Å². The van der Waals surface area contributed by atoms with E-state index in [1.54, 1.807) is 0 Å². The van der Waals surface area contributed by atoms with Gasteiger partial charge < -0.3 is 10.0 Å². The minimum absolute atomic E-state index is 0.170. The molecule has 0 amide bonds. The third-order valence-corrected chi connectivity index (χ3v) is 3.44. The predicted octanol–water partition coefficient (Wildman–Crippen LogP) is 1.36. The molecule has 0 saturated carbocycles. The first-order valence-corrected chi connectivity index (χ1v) is 6.86. The summed E-state index contributed by atoms with van der Waals surface area (Å²) < 4.78 is 0. The molecule has 100 valence electrons. The van der Waals surface area contributed by atoms with Crippen LogP contribution in [0.25, 0.3) is 0 Å². The van der Waals surface area contributed by atoms with Crippen LogP contribution >= 0.6 is 0 Å². The van der Waals surface area contributed by atoms with Gasteiger partial charge in [-0.15, -0.1) is 0 Å². The van der Waals surface area contributed by atoms with Gasteiger partial charge >= 0.3 is 0 Å². The Hall–Kier alpha value is -1.13. The number of rotatable bonds is 5. The molecule has 0 bridgehead atoms. The van der Waals surface area contributed by atoms with Crippen LogP contribution in [0, 0.1) is 0 Å². The second kappa shape index (κ2) is 6.71. The highest BCUT2D eigenvalue weighted by Gasteiger charge is 2.19. The molecule has 4 nitrogen and oxygen atoms in total. The summed E-state index contributed by atoms with van der Waals surface area (Å²) in [6.07, 6.45) is 3.62. The van der Waals surface area contributed by atoms with Crippen molar-refractivity contribution in [2.24, 2.45) is 0 Å². The first kappa shape index (κ1) is 13.3. The van der Waals surface area contributed by atoms with Crippen LogP contribution in [0.5, 0.6) is 0 Å². The maximum Gasteiger partial charge on any atom is 0.128 e. The molecule has 4 heteroatoms. The Kier molecular flexibility index (Phi) is 4.96. The predicted molar refractivity (Wildman–Crippen MR) is 73.8 cm³/mol. The molecule has 0 radical (unpaired) electrons. The second-order valence-electron chi connectivity index (χ2n) is 4.92. The van der Waals surface area contributed by atoms with E-state index in [9.17, 15) is 5.11 Å². The van der Waals surface area contributed by atoms with Crippen LogP contribution < -0.4 is 4.90 Å². The summed E-state index contributed by atoms with van der Waals surface area (Å²) in [6, 6.07) is 6.03. The normalized spacial score (nSPS) is 18.9. The Morgan fingerprint density at radius 2 is 2.06 bits per heavy atom. The van der Waals surface area contributed by atoms with Crippen molar-refractivity contribution in [1.82, 2.24) is 9.88 Å². The quantitative estimate of drug-likeness (QED) is 0.855. The second-order valence-corrected chi connectivity index (χ2v) is 4.92. The highest BCUT2D eigenvalue weighted by Crippen LogP contribution is 2.13. The van der Waals surface area contributed by atoms with Crippen molar-refractivity contribution in [3.8, 4) is 0 Å². The van der Waals surface area contributed by atoms with Crippen molar-refractivity contribution in [3.63, 3.8) is 0 Å². The molecule has 1 aliphatic rings. The molecule has 2 heterocycles. The Bertz CT molecular complexity index is 336. The molecule has 1 saturated heterocycles. The standard InChI is InChI=1S/C14H23N3O/c1-2-5-13(18)12-16-8-10-17(11-9-16)14-6-3-4-7-15-14/h3-4,6-7,13,18H,2,5,8-12H2,1H3. The van der Waals surface area contributed by atoms with E-state index in [0.717, 1.165) is 51.4 Å². The molecular formula is C14H23N3O. The van der Waals surface area contributed by atoms with Gasteiger partial charge in [-0.05, 0) is 18.6 Å². The lowest BCUT2D eigenvalue weighted by atomic mass is 10.2. The summed E-state index contributed by atoms with van der Waals surface area (Å²) in [4.78, 5) is 9.03. The van der Waals surface area contributed by atoms with Gasteiger partial charge in [-0.3, -0.25) is 4.90 Å². The van der Waals surface area contributed by atoms with E-state index in [4.69, 9.17) is 0 Å². The largest absolute Gasteiger partial charge is 0.392 e. The molecule has 1 N–H and O–H groups in total. The lowest BCUT2D eigenvalue weighted by Gasteiger charge is -2.36. The van der Waals surface area contributed by atoms with Crippen LogP contribution in [0.1, 0.15) is 19.8 Å². The zero-order valence-electron chi connectivity index (χ0n) is 11.1. The number of β-amino-alcohol motifs (C(OH)–C–C–N with tert-alkyl or cyclic N) is 1. The summed E-state index contributed by atoms with van der Waals surface area (Å²) in [6.45, 7) is 6.94. The number of anilines is 1. The zero-order chi connectivity index (χ0) is 12.8. The van der Waals surface area contributed by atoms with Gasteiger partial charge in [0.1, 0.15) is 5.82 Å². The molecule has 0 spiro atoms. The van der Waals surface area contributed by atoms with Gasteiger partial charge in [-0.25, -0.2) is 4.98 Å². The van der Waals surface area contributed by atoms with Gasteiger partial charge in [-0.1, -0.05) is 19.4 Å². The number of aromatic nitrogens is 1. The van der Waals surface area contributed by atoms with Crippen molar-refractivity contribution in [2.75, 3.05) is 37.6 Å². The Morgan fingerprint density at radius 1 is 1.28 bits per heavy atom. The van der Waals surface area contributed by atoms with Gasteiger partial charge in [0, 0.05) is 38.9 Å². The molecule has 1 aliphatic heterocycles. The van der Waals surface area contributed by atoms with Gasteiger partial charge in [-0.2, -0.15) is 0 Å². The first-order valence-electron chi connectivity index (χ1n) is 6.86. The van der Waals surface area contributed by atoms with Crippen LogP contribution in [-0.2, 0) is 0 Å². The summed E-state index contributed by atoms with van der Waals surface area (Å²) in [5.74, 6) is 1.06. The molecule has 0 aliphatic carbocycles. The minimum Gasteiger partial charge on any atom is -0.392 e. The van der Waals surface area contributed by atoms with Crippen LogP contribution in [-0.4, -0.2) is 53.8 Å². The van der Waals surface area contributed by atoms with Gasteiger partial charge in [0.15, 0.2) is 0 Å². The molecule has 1 unspecified atom stereocenters. The molecule has 1 aromatic heterocycles. The van der Waals surface area contributed by atoms with Gasteiger partial charge in [0.05, 0.1) is 6.10 Å². The van der Waals surface area contributed by atoms with E-state index in [1.807, 2.05) is 18.3 Å². The zero-order valence-corrected chi connectivity index (χ0v) is 11.1. The molecular weight excluding hydrogens is 226 g/mol. The first-order chi connectivity index (χ1) is 8.79. The minimum atomic E-state index is -0.170. The van der Waals surface area contributed by atoms with Crippen LogP contribution in [0.4, 0.5) is 5.82 Å². The number of pyridine rings is 1. The number of aliphatic hydroxyl groups is 1. The summed E-state index contributed by atoms with van der Waals surface area (Å²) in [5, 5.41) is 9.82. The summed E-state index contributed by atoms with van der Waals surface area (Å²) >= 11 is 0. The van der Waals surface area contributed by atoms with Crippen molar-refractivity contribution >= 4 is 5.82 Å². The van der Waals surface area contributed by atoms with Crippen molar-refractivity contribution in [2.45, 2.75) is 25.9 Å². The van der Waals surface area contributed by atoms with Crippen LogP contribution in [0.2, 0.25) is 0 Å². The molecule has 18 heavy (non-hydrogen) atoms. The van der Waals surface area contributed by atoms with Crippen molar-refractivity contribution in [3.05, 3.63) is 24.4 Å². The third kappa shape index (κ3) is 3.68. The van der Waals surface area contributed by atoms with E-state index in [2.05, 4.69) is 27.8 Å². The summed E-state index contributed by atoms with van der Waals surface area (Å²) in [7, 11) is 0. The summed E-state index contributed by atoms with van der Waals surface area (Å²) in [5.41, 5.74) is 0. The van der Waals surface area contributed by atoms with Crippen molar-refractivity contribution < 1.29 is 5.11 Å². The highest BCUT2D eigenvalue weighted by molar-refractivity contribution is 5.38. The number of nitrogens with zero attached hydrogens (tertiary/aromatic N) is 3. The van der Waals surface area contributed by atoms with E-state index in [-0.39, 0.29) is 6.10 Å². The smallest absolute Gasteiger partial charge is 0.128 e. The van der Waals surface area contributed by atoms with Crippen LogP contribution in [0.15, 0.2) is 24.4 Å². The van der Waals surface area contributed by atoms with Gasteiger partial charge in [0.2, 0.25) is 0 Å². The number of aliphatic hydroxyl groups excluding tert-OH is 1. The lowest BCUT2D eigenvalue weighted by molar-refractivity contribution is 0.101. The average Bonchev–Trinajstić information content (AvgIpc) is 2.41. The monoisotopic (exact) mass is 249 g/mol. The van der Waals surface area contributed by atoms with Crippen LogP contribution in [0.3, 0.4) is 0 Å². The maximum atomic E-state index is 9.82. The van der Waals surface area contributed by atoms with E-state index in [1.165, 1.54) is 0 Å². The number of piperazine rings is 1. The molecule has 2 rings (SSSR count). The fourth-order valence-electron chi connectivity index (χ4n) is 2.42. The lowest BCUT2D eigenvalue weighted by Crippen LogP contribution is -2.48. The average molecular weight is 249 g/mol. The molecule has 1 fully saturated rings.